The fourth-order valence-electron chi connectivity index (χ4n) is 3.08. The molecule has 2 aromatic heterocycles. The third-order valence-electron chi connectivity index (χ3n) is 4.59. The minimum Gasteiger partial charge on any atom is -0.478 e. The summed E-state index contributed by atoms with van der Waals surface area (Å²) in [6.07, 6.45) is 1.70. The Hall–Kier alpha value is -3.93. The number of carboxylic acids is 1. The van der Waals surface area contributed by atoms with E-state index in [4.69, 9.17) is 5.10 Å². The number of pyridine rings is 1. The Morgan fingerprint density at radius 2 is 1.72 bits per heavy atom. The molecule has 2 aromatic carbocycles. The SMILES string of the molecule is Cc1ccc(-c2cc(Nc3cc(C)ccc3C(=O)O)n(-c3ccccn3)n2)cc1. The zero-order valence-electron chi connectivity index (χ0n) is 16.1. The highest BCUT2D eigenvalue weighted by molar-refractivity contribution is 5.95. The molecular formula is C23H20N4O2. The molecule has 4 aromatic rings. The van der Waals surface area contributed by atoms with Gasteiger partial charge in [-0.25, -0.2) is 9.78 Å². The van der Waals surface area contributed by atoms with Gasteiger partial charge >= 0.3 is 5.97 Å². The summed E-state index contributed by atoms with van der Waals surface area (Å²) in [4.78, 5) is 16.1. The molecule has 6 heteroatoms. The summed E-state index contributed by atoms with van der Waals surface area (Å²) in [5.74, 6) is 0.278. The summed E-state index contributed by atoms with van der Waals surface area (Å²) in [5.41, 5.74) is 4.56. The standard InChI is InChI=1S/C23H20N4O2/c1-15-6-9-17(10-7-15)19-14-22(27(26-19)21-5-3-4-12-24-21)25-20-13-16(2)8-11-18(20)23(28)29/h3-14,25H,1-2H3,(H,28,29). The first-order chi connectivity index (χ1) is 14.0. The van der Waals surface area contributed by atoms with E-state index in [9.17, 15) is 9.90 Å². The molecule has 0 bridgehead atoms. The second kappa shape index (κ2) is 7.59. The van der Waals surface area contributed by atoms with Gasteiger partial charge in [-0.15, -0.1) is 0 Å². The molecular weight excluding hydrogens is 364 g/mol. The lowest BCUT2D eigenvalue weighted by Gasteiger charge is -2.12. The Morgan fingerprint density at radius 1 is 0.966 bits per heavy atom. The quantitative estimate of drug-likeness (QED) is 0.506. The van der Waals surface area contributed by atoms with Crippen LogP contribution in [0.2, 0.25) is 0 Å². The molecule has 4 rings (SSSR count). The van der Waals surface area contributed by atoms with Gasteiger partial charge in [-0.2, -0.15) is 9.78 Å². The van der Waals surface area contributed by atoms with E-state index in [0.717, 1.165) is 16.8 Å². The number of anilines is 2. The van der Waals surface area contributed by atoms with Gasteiger partial charge in [0.25, 0.3) is 0 Å². The molecule has 2 N–H and O–H groups in total. The second-order valence-corrected chi connectivity index (χ2v) is 6.86. The number of carbonyl (C=O) groups is 1. The first-order valence-corrected chi connectivity index (χ1v) is 9.21. The van der Waals surface area contributed by atoms with E-state index in [1.807, 2.05) is 68.4 Å². The van der Waals surface area contributed by atoms with E-state index in [1.54, 1.807) is 23.0 Å². The predicted molar refractivity (Wildman–Crippen MR) is 113 cm³/mol. The lowest BCUT2D eigenvalue weighted by molar-refractivity contribution is 0.0698. The van der Waals surface area contributed by atoms with E-state index in [2.05, 4.69) is 10.3 Å². The summed E-state index contributed by atoms with van der Waals surface area (Å²) >= 11 is 0. The van der Waals surface area contributed by atoms with Crippen molar-refractivity contribution in [1.82, 2.24) is 14.8 Å². The van der Waals surface area contributed by atoms with Crippen LogP contribution in [0, 0.1) is 13.8 Å². The van der Waals surface area contributed by atoms with Gasteiger partial charge in [-0.05, 0) is 43.7 Å². The lowest BCUT2D eigenvalue weighted by Crippen LogP contribution is -2.07. The van der Waals surface area contributed by atoms with Gasteiger partial charge in [0.15, 0.2) is 5.82 Å². The van der Waals surface area contributed by atoms with Crippen LogP contribution in [0.5, 0.6) is 0 Å². The molecule has 0 saturated heterocycles. The van der Waals surface area contributed by atoms with Crippen molar-refractivity contribution in [1.29, 1.82) is 0 Å². The Morgan fingerprint density at radius 3 is 2.41 bits per heavy atom. The van der Waals surface area contributed by atoms with Crippen molar-refractivity contribution in [3.63, 3.8) is 0 Å². The van der Waals surface area contributed by atoms with Crippen molar-refractivity contribution in [2.45, 2.75) is 13.8 Å². The predicted octanol–water partition coefficient (Wildman–Crippen LogP) is 4.99. The molecule has 0 aliphatic carbocycles. The van der Waals surface area contributed by atoms with Crippen molar-refractivity contribution in [3.05, 3.63) is 89.6 Å². The van der Waals surface area contributed by atoms with Crippen LogP contribution in [0.3, 0.4) is 0 Å². The maximum Gasteiger partial charge on any atom is 0.337 e. The minimum atomic E-state index is -0.991. The largest absolute Gasteiger partial charge is 0.478 e. The van der Waals surface area contributed by atoms with Gasteiger partial charge in [0.2, 0.25) is 0 Å². The average molecular weight is 384 g/mol. The Kier molecular flexibility index (Phi) is 4.83. The second-order valence-electron chi connectivity index (χ2n) is 6.86. The molecule has 144 valence electrons. The number of hydrogen-bond donors (Lipinski definition) is 2. The number of aromatic nitrogens is 3. The molecule has 6 nitrogen and oxygen atoms in total. The molecule has 29 heavy (non-hydrogen) atoms. The van der Waals surface area contributed by atoms with Gasteiger partial charge < -0.3 is 10.4 Å². The van der Waals surface area contributed by atoms with Gasteiger partial charge in [-0.3, -0.25) is 0 Å². The fourth-order valence-corrected chi connectivity index (χ4v) is 3.08. The summed E-state index contributed by atoms with van der Waals surface area (Å²) in [6.45, 7) is 3.96. The van der Waals surface area contributed by atoms with E-state index in [0.29, 0.717) is 17.3 Å². The van der Waals surface area contributed by atoms with Crippen LogP contribution in [-0.2, 0) is 0 Å². The van der Waals surface area contributed by atoms with Crippen LogP contribution in [0.4, 0.5) is 11.5 Å². The van der Waals surface area contributed by atoms with Crippen LogP contribution in [0.1, 0.15) is 21.5 Å². The molecule has 0 amide bonds. The average Bonchev–Trinajstić information content (AvgIpc) is 3.13. The fraction of sp³-hybridized carbons (Fsp3) is 0.0870. The number of rotatable bonds is 5. The van der Waals surface area contributed by atoms with Crippen molar-refractivity contribution < 1.29 is 9.90 Å². The van der Waals surface area contributed by atoms with E-state index < -0.39 is 5.97 Å². The molecule has 0 aliphatic heterocycles. The van der Waals surface area contributed by atoms with Gasteiger partial charge in [0, 0.05) is 17.8 Å². The van der Waals surface area contributed by atoms with E-state index >= 15 is 0 Å². The van der Waals surface area contributed by atoms with E-state index in [1.165, 1.54) is 5.56 Å². The molecule has 0 saturated carbocycles. The van der Waals surface area contributed by atoms with Crippen LogP contribution in [0.25, 0.3) is 17.1 Å². The third-order valence-corrected chi connectivity index (χ3v) is 4.59. The summed E-state index contributed by atoms with van der Waals surface area (Å²) in [7, 11) is 0. The van der Waals surface area contributed by atoms with Crippen LogP contribution in [0.15, 0.2) is 72.9 Å². The smallest absolute Gasteiger partial charge is 0.337 e. The van der Waals surface area contributed by atoms with E-state index in [-0.39, 0.29) is 5.56 Å². The zero-order valence-corrected chi connectivity index (χ0v) is 16.1. The number of nitrogens with zero attached hydrogens (tertiary/aromatic N) is 3. The van der Waals surface area contributed by atoms with Gasteiger partial charge in [-0.1, -0.05) is 42.0 Å². The maximum atomic E-state index is 11.7. The minimum absolute atomic E-state index is 0.196. The molecule has 2 heterocycles. The van der Waals surface area contributed by atoms with Crippen molar-refractivity contribution >= 4 is 17.5 Å². The summed E-state index contributed by atoms with van der Waals surface area (Å²) < 4.78 is 1.68. The molecule has 0 unspecified atom stereocenters. The number of aromatic carboxylic acids is 1. The number of nitrogens with one attached hydrogen (secondary N) is 1. The van der Waals surface area contributed by atoms with Crippen molar-refractivity contribution in [2.75, 3.05) is 5.32 Å². The zero-order chi connectivity index (χ0) is 20.4. The topological polar surface area (TPSA) is 80.0 Å². The van der Waals surface area contributed by atoms with Crippen molar-refractivity contribution in [2.24, 2.45) is 0 Å². The number of aryl methyl sites for hydroxylation is 2. The number of benzene rings is 2. The van der Waals surface area contributed by atoms with Gasteiger partial charge in [0.1, 0.15) is 5.82 Å². The molecule has 0 fully saturated rings. The monoisotopic (exact) mass is 384 g/mol. The number of hydrogen-bond acceptors (Lipinski definition) is 4. The Labute approximate surface area is 168 Å². The normalized spacial score (nSPS) is 10.7. The Balaban J connectivity index is 1.83. The Bertz CT molecular complexity index is 1170. The first kappa shape index (κ1) is 18.4. The first-order valence-electron chi connectivity index (χ1n) is 9.21. The molecule has 0 aliphatic rings. The number of carboxylic acid groups (broad SMARTS) is 1. The highest BCUT2D eigenvalue weighted by atomic mass is 16.4. The highest BCUT2D eigenvalue weighted by Crippen LogP contribution is 2.28. The maximum absolute atomic E-state index is 11.7. The molecule has 0 atom stereocenters. The van der Waals surface area contributed by atoms with Crippen LogP contribution in [-0.4, -0.2) is 25.8 Å². The summed E-state index contributed by atoms with van der Waals surface area (Å²) in [6, 6.07) is 20.8. The third kappa shape index (κ3) is 3.87. The van der Waals surface area contributed by atoms with Crippen LogP contribution < -0.4 is 5.32 Å². The lowest BCUT2D eigenvalue weighted by atomic mass is 10.1. The summed E-state index contributed by atoms with van der Waals surface area (Å²) in [5, 5.41) is 17.5. The van der Waals surface area contributed by atoms with Gasteiger partial charge in [0.05, 0.1) is 16.9 Å². The van der Waals surface area contributed by atoms with Crippen LogP contribution >= 0.6 is 0 Å². The molecule has 0 radical (unpaired) electrons. The molecule has 0 spiro atoms. The highest BCUT2D eigenvalue weighted by Gasteiger charge is 2.16. The van der Waals surface area contributed by atoms with Crippen molar-refractivity contribution in [3.8, 4) is 17.1 Å².